The SMILES string of the molecule is O=C1NC(=S)S/C1=C\c1ccc(-c2cccc(C(=O)Nn3cnnc3)c2)o1.O=C1NC(=S)S/C1=C\c1ccc(-c2cccc(C(=O)O)c2)o1. The molecule has 0 aliphatic carbocycles. The van der Waals surface area contributed by atoms with Crippen LogP contribution in [0.4, 0.5) is 0 Å². The zero-order valence-electron chi connectivity index (χ0n) is 24.6. The Morgan fingerprint density at radius 2 is 1.24 bits per heavy atom. The van der Waals surface area contributed by atoms with Crippen molar-refractivity contribution in [3.8, 4) is 22.6 Å². The smallest absolute Gasteiger partial charge is 0.335 e. The largest absolute Gasteiger partial charge is 0.478 e. The van der Waals surface area contributed by atoms with Crippen LogP contribution in [0.2, 0.25) is 0 Å². The van der Waals surface area contributed by atoms with Gasteiger partial charge in [0.1, 0.15) is 44.3 Å². The number of carbonyl (C=O) groups is 4. The van der Waals surface area contributed by atoms with E-state index in [0.29, 0.717) is 52.6 Å². The second-order valence-electron chi connectivity index (χ2n) is 9.89. The van der Waals surface area contributed by atoms with Crippen LogP contribution in [0.15, 0.2) is 104 Å². The third-order valence-electron chi connectivity index (χ3n) is 6.54. The fourth-order valence-electron chi connectivity index (χ4n) is 4.33. The summed E-state index contributed by atoms with van der Waals surface area (Å²) in [6, 6.07) is 20.4. The van der Waals surface area contributed by atoms with E-state index in [4.69, 9.17) is 38.4 Å². The van der Waals surface area contributed by atoms with Crippen molar-refractivity contribution in [3.63, 3.8) is 0 Å². The highest BCUT2D eigenvalue weighted by atomic mass is 32.2. The summed E-state index contributed by atoms with van der Waals surface area (Å²) in [6.07, 6.45) is 6.00. The highest BCUT2D eigenvalue weighted by molar-refractivity contribution is 8.27. The van der Waals surface area contributed by atoms with E-state index in [9.17, 15) is 19.2 Å². The van der Waals surface area contributed by atoms with E-state index in [1.807, 2.05) is 6.07 Å². The molecule has 7 rings (SSSR count). The summed E-state index contributed by atoms with van der Waals surface area (Å²) < 4.78 is 13.6. The fraction of sp³-hybridized carbons (Fsp3) is 0. The summed E-state index contributed by atoms with van der Waals surface area (Å²) in [6.45, 7) is 0. The Morgan fingerprint density at radius 3 is 1.71 bits per heavy atom. The number of amides is 3. The van der Waals surface area contributed by atoms with Gasteiger partial charge in [-0.25, -0.2) is 9.47 Å². The van der Waals surface area contributed by atoms with Crippen LogP contribution < -0.4 is 16.1 Å². The van der Waals surface area contributed by atoms with Crippen molar-refractivity contribution in [3.05, 3.63) is 118 Å². The van der Waals surface area contributed by atoms with Crippen LogP contribution in [0.25, 0.3) is 34.8 Å². The molecule has 17 heteroatoms. The Balaban J connectivity index is 0.000000174. The maximum atomic E-state index is 12.3. The number of carboxylic acid groups (broad SMARTS) is 1. The summed E-state index contributed by atoms with van der Waals surface area (Å²) in [5.74, 6) is 0.329. The van der Waals surface area contributed by atoms with Crippen LogP contribution in [-0.2, 0) is 9.59 Å². The average Bonchev–Trinajstić information content (AvgIpc) is 3.93. The lowest BCUT2D eigenvalue weighted by molar-refractivity contribution is -0.116. The Kier molecular flexibility index (Phi) is 9.95. The highest BCUT2D eigenvalue weighted by Crippen LogP contribution is 2.30. The number of aromatic carboxylic acids is 1. The van der Waals surface area contributed by atoms with Crippen molar-refractivity contribution in [2.75, 3.05) is 5.43 Å². The molecular weight excluding hydrogens is 709 g/mol. The van der Waals surface area contributed by atoms with Crippen LogP contribution >= 0.6 is 48.0 Å². The molecule has 13 nitrogen and oxygen atoms in total. The summed E-state index contributed by atoms with van der Waals surface area (Å²) in [5.41, 5.74) is 4.66. The number of hydrogen-bond acceptors (Lipinski definition) is 12. The van der Waals surface area contributed by atoms with Crippen molar-refractivity contribution in [1.29, 1.82) is 0 Å². The third kappa shape index (κ3) is 8.28. The van der Waals surface area contributed by atoms with E-state index < -0.39 is 5.97 Å². The Labute approximate surface area is 295 Å². The number of thiocarbonyl (C=S) groups is 2. The van der Waals surface area contributed by atoms with Crippen molar-refractivity contribution in [1.82, 2.24) is 25.5 Å². The van der Waals surface area contributed by atoms with Crippen LogP contribution in [0.1, 0.15) is 32.2 Å². The van der Waals surface area contributed by atoms with Gasteiger partial charge in [-0.15, -0.1) is 10.2 Å². The van der Waals surface area contributed by atoms with E-state index in [-0.39, 0.29) is 23.3 Å². The van der Waals surface area contributed by atoms with E-state index >= 15 is 0 Å². The van der Waals surface area contributed by atoms with Crippen LogP contribution in [0.5, 0.6) is 0 Å². The Morgan fingerprint density at radius 1 is 0.755 bits per heavy atom. The number of benzene rings is 2. The number of carboxylic acids is 1. The molecule has 3 aromatic heterocycles. The molecule has 2 saturated heterocycles. The van der Waals surface area contributed by atoms with Gasteiger partial charge in [0.25, 0.3) is 17.7 Å². The van der Waals surface area contributed by atoms with Gasteiger partial charge in [-0.05, 0) is 48.5 Å². The molecule has 244 valence electrons. The van der Waals surface area contributed by atoms with Crippen LogP contribution in [0, 0.1) is 0 Å². The second kappa shape index (κ2) is 14.7. The molecule has 0 radical (unpaired) electrons. The first-order valence-electron chi connectivity index (χ1n) is 13.9. The summed E-state index contributed by atoms with van der Waals surface area (Å²) in [5, 5.41) is 21.3. The maximum absolute atomic E-state index is 12.3. The number of hydrogen-bond donors (Lipinski definition) is 4. The predicted molar refractivity (Wildman–Crippen MR) is 192 cm³/mol. The molecular formula is C32H20N6O7S4. The normalized spacial score (nSPS) is 15.6. The molecule has 0 unspecified atom stereocenters. The summed E-state index contributed by atoms with van der Waals surface area (Å²) in [4.78, 5) is 47.6. The molecule has 0 atom stereocenters. The van der Waals surface area contributed by atoms with E-state index in [0.717, 1.165) is 5.56 Å². The van der Waals surface area contributed by atoms with E-state index in [2.05, 4.69) is 26.3 Å². The quantitative estimate of drug-likeness (QED) is 0.121. The minimum absolute atomic E-state index is 0.185. The zero-order valence-corrected chi connectivity index (χ0v) is 27.9. The molecule has 0 bridgehead atoms. The van der Waals surface area contributed by atoms with Gasteiger partial charge in [0, 0.05) is 28.8 Å². The van der Waals surface area contributed by atoms with Crippen LogP contribution in [-0.4, -0.2) is 52.3 Å². The molecule has 0 spiro atoms. The van der Waals surface area contributed by atoms with Gasteiger partial charge in [-0.3, -0.25) is 19.8 Å². The lowest BCUT2D eigenvalue weighted by atomic mass is 10.1. The number of rotatable bonds is 7. The lowest BCUT2D eigenvalue weighted by Gasteiger charge is -2.05. The first-order valence-corrected chi connectivity index (χ1v) is 16.4. The molecule has 2 aromatic carbocycles. The maximum Gasteiger partial charge on any atom is 0.335 e. The molecule has 2 fully saturated rings. The third-order valence-corrected chi connectivity index (χ3v) is 8.86. The van der Waals surface area contributed by atoms with Crippen molar-refractivity contribution in [2.24, 2.45) is 0 Å². The molecule has 2 aliphatic heterocycles. The number of carbonyl (C=O) groups excluding carboxylic acids is 3. The number of nitrogens with one attached hydrogen (secondary N) is 3. The van der Waals surface area contributed by atoms with Gasteiger partial charge in [0.2, 0.25) is 0 Å². The summed E-state index contributed by atoms with van der Waals surface area (Å²) in [7, 11) is 0. The van der Waals surface area contributed by atoms with Crippen LogP contribution in [0.3, 0.4) is 0 Å². The molecule has 4 N–H and O–H groups in total. The fourth-order valence-corrected chi connectivity index (χ4v) is 6.38. The zero-order chi connectivity index (χ0) is 34.5. The molecule has 3 amide bonds. The van der Waals surface area contributed by atoms with Gasteiger partial charge >= 0.3 is 5.97 Å². The Bertz CT molecular complexity index is 2200. The minimum Gasteiger partial charge on any atom is -0.478 e. The molecule has 5 heterocycles. The van der Waals surface area contributed by atoms with Crippen molar-refractivity contribution >= 4 is 92.4 Å². The average molecular weight is 729 g/mol. The number of aromatic nitrogens is 3. The summed E-state index contributed by atoms with van der Waals surface area (Å²) >= 11 is 12.2. The lowest BCUT2D eigenvalue weighted by Crippen LogP contribution is -2.21. The molecule has 49 heavy (non-hydrogen) atoms. The Hall–Kier alpha value is -5.62. The number of nitrogens with zero attached hydrogens (tertiary/aromatic N) is 3. The highest BCUT2D eigenvalue weighted by Gasteiger charge is 2.23. The first-order chi connectivity index (χ1) is 23.6. The van der Waals surface area contributed by atoms with Gasteiger partial charge in [-0.1, -0.05) is 72.2 Å². The minimum atomic E-state index is -0.997. The van der Waals surface area contributed by atoms with Crippen molar-refractivity contribution < 1.29 is 33.1 Å². The molecule has 2 aliphatic rings. The van der Waals surface area contributed by atoms with Gasteiger partial charge in [0.15, 0.2) is 0 Å². The molecule has 0 saturated carbocycles. The topological polar surface area (TPSA) is 182 Å². The molecule has 5 aromatic rings. The van der Waals surface area contributed by atoms with Crippen molar-refractivity contribution in [2.45, 2.75) is 0 Å². The van der Waals surface area contributed by atoms with Gasteiger partial charge < -0.3 is 24.6 Å². The number of thioether (sulfide) groups is 2. The number of furan rings is 2. The van der Waals surface area contributed by atoms with E-state index in [1.54, 1.807) is 66.7 Å². The standard InChI is InChI=1S/C17H11N5O3S2.C15H9NO4S2/c23-15(21-22-8-18-19-9-22)11-3-1-2-10(6-11)13-5-4-12(25-13)7-14-16(24)20-17(26)27-14;17-13-12(22-15(21)16-13)7-10-4-5-11(20-10)8-2-1-3-9(6-8)14(18)19/h1-9H,(H,21,23)(H,20,24,26);1-7H,(H,18,19)(H,16,17,21)/b14-7-;12-7-. The monoisotopic (exact) mass is 728 g/mol. The van der Waals surface area contributed by atoms with E-state index in [1.165, 1.54) is 53.0 Å². The first kappa shape index (κ1) is 33.3. The van der Waals surface area contributed by atoms with Gasteiger partial charge in [0.05, 0.1) is 15.4 Å². The predicted octanol–water partition coefficient (Wildman–Crippen LogP) is 5.54. The van der Waals surface area contributed by atoms with Gasteiger partial charge in [-0.2, -0.15) is 0 Å². The second-order valence-corrected chi connectivity index (χ2v) is 13.3.